The molecule has 1 aliphatic rings. The highest BCUT2D eigenvalue weighted by atomic mass is 16.1. The molecule has 2 N–H and O–H groups in total. The summed E-state index contributed by atoms with van der Waals surface area (Å²) in [5.41, 5.74) is 2.11. The van der Waals surface area contributed by atoms with Crippen LogP contribution in [0.4, 0.5) is 5.69 Å². The molecule has 3 nitrogen and oxygen atoms in total. The Hall–Kier alpha value is -1.61. The molecule has 1 atom stereocenters. The van der Waals surface area contributed by atoms with E-state index in [1.165, 1.54) is 31.7 Å². The lowest BCUT2D eigenvalue weighted by Crippen LogP contribution is -2.23. The van der Waals surface area contributed by atoms with E-state index in [0.717, 1.165) is 24.7 Å². The number of amides is 1. The van der Waals surface area contributed by atoms with Gasteiger partial charge < -0.3 is 10.6 Å². The van der Waals surface area contributed by atoms with Gasteiger partial charge in [-0.2, -0.15) is 0 Å². The van der Waals surface area contributed by atoms with Crippen molar-refractivity contribution < 1.29 is 4.79 Å². The van der Waals surface area contributed by atoms with Crippen LogP contribution < -0.4 is 10.6 Å². The van der Waals surface area contributed by atoms with Crippen LogP contribution in [0.2, 0.25) is 0 Å². The van der Waals surface area contributed by atoms with E-state index in [1.54, 1.807) is 0 Å². The number of nitrogens with one attached hydrogen (secondary N) is 2. The van der Waals surface area contributed by atoms with Gasteiger partial charge in [0.25, 0.3) is 0 Å². The van der Waals surface area contributed by atoms with Crippen LogP contribution in [-0.4, -0.2) is 12.5 Å². The van der Waals surface area contributed by atoms with E-state index in [1.807, 2.05) is 12.1 Å². The first kappa shape index (κ1) is 13.8. The molecule has 0 unspecified atom stereocenters. The number of carbonyl (C=O) groups excluding carboxylic acids is 1. The Bertz CT molecular complexity index is 437. The smallest absolute Gasteiger partial charge is 0.221 e. The van der Waals surface area contributed by atoms with E-state index >= 15 is 0 Å². The van der Waals surface area contributed by atoms with Crippen LogP contribution >= 0.6 is 0 Å². The first-order valence-corrected chi connectivity index (χ1v) is 6.96. The lowest BCUT2D eigenvalue weighted by molar-refractivity contribution is -0.114. The molecule has 0 spiro atoms. The van der Waals surface area contributed by atoms with Crippen molar-refractivity contribution in [3.63, 3.8) is 0 Å². The normalized spacial score (nSPS) is 18.3. The second kappa shape index (κ2) is 7.10. The molecule has 0 bridgehead atoms. The van der Waals surface area contributed by atoms with Crippen LogP contribution in [0.25, 0.3) is 0 Å². The highest BCUT2D eigenvalue weighted by molar-refractivity contribution is 5.88. The summed E-state index contributed by atoms with van der Waals surface area (Å²) in [6, 6.07) is 8.00. The fourth-order valence-electron chi connectivity index (χ4n) is 2.37. The molecule has 0 fully saturated rings. The van der Waals surface area contributed by atoms with Crippen molar-refractivity contribution in [1.82, 2.24) is 5.32 Å². The van der Waals surface area contributed by atoms with Gasteiger partial charge >= 0.3 is 0 Å². The lowest BCUT2D eigenvalue weighted by Gasteiger charge is -2.18. The van der Waals surface area contributed by atoms with Gasteiger partial charge in [0.1, 0.15) is 0 Å². The molecule has 1 aromatic rings. The fraction of sp³-hybridized carbons (Fsp3) is 0.438. The maximum absolute atomic E-state index is 10.9. The Labute approximate surface area is 115 Å². The quantitative estimate of drug-likeness (QED) is 0.797. The maximum atomic E-state index is 10.9. The molecule has 1 amide bonds. The molecule has 0 saturated carbocycles. The first-order chi connectivity index (χ1) is 9.24. The van der Waals surface area contributed by atoms with Crippen LogP contribution in [0.5, 0.6) is 0 Å². The van der Waals surface area contributed by atoms with Crippen molar-refractivity contribution in [2.24, 2.45) is 5.92 Å². The molecular weight excluding hydrogens is 236 g/mol. The first-order valence-electron chi connectivity index (χ1n) is 6.96. The van der Waals surface area contributed by atoms with Gasteiger partial charge in [-0.25, -0.2) is 0 Å². The van der Waals surface area contributed by atoms with E-state index < -0.39 is 0 Å². The Morgan fingerprint density at radius 3 is 2.68 bits per heavy atom. The van der Waals surface area contributed by atoms with Gasteiger partial charge in [0, 0.05) is 19.2 Å². The Morgan fingerprint density at radius 1 is 1.26 bits per heavy atom. The maximum Gasteiger partial charge on any atom is 0.221 e. The van der Waals surface area contributed by atoms with Crippen molar-refractivity contribution in [1.29, 1.82) is 0 Å². The number of rotatable bonds is 5. The van der Waals surface area contributed by atoms with E-state index in [0.29, 0.717) is 0 Å². The minimum absolute atomic E-state index is 0.0313. The third-order valence-corrected chi connectivity index (χ3v) is 3.41. The molecule has 1 aliphatic carbocycles. The Balaban J connectivity index is 1.73. The predicted molar refractivity (Wildman–Crippen MR) is 78.9 cm³/mol. The molecule has 102 valence electrons. The molecule has 19 heavy (non-hydrogen) atoms. The van der Waals surface area contributed by atoms with Crippen LogP contribution in [0.15, 0.2) is 36.4 Å². The van der Waals surface area contributed by atoms with E-state index in [4.69, 9.17) is 0 Å². The van der Waals surface area contributed by atoms with E-state index in [2.05, 4.69) is 34.9 Å². The fourth-order valence-corrected chi connectivity index (χ4v) is 2.37. The average molecular weight is 258 g/mol. The van der Waals surface area contributed by atoms with Crippen molar-refractivity contribution in [2.45, 2.75) is 32.7 Å². The summed E-state index contributed by atoms with van der Waals surface area (Å²) < 4.78 is 0. The second-order valence-electron chi connectivity index (χ2n) is 5.16. The Morgan fingerprint density at radius 2 is 2.05 bits per heavy atom. The van der Waals surface area contributed by atoms with E-state index in [9.17, 15) is 4.79 Å². The van der Waals surface area contributed by atoms with Gasteiger partial charge in [-0.15, -0.1) is 0 Å². The number of hydrogen-bond acceptors (Lipinski definition) is 2. The molecule has 0 aliphatic heterocycles. The highest BCUT2D eigenvalue weighted by Gasteiger charge is 2.08. The molecule has 0 radical (unpaired) electrons. The van der Waals surface area contributed by atoms with Gasteiger partial charge in [0.2, 0.25) is 5.91 Å². The predicted octanol–water partition coefficient (Wildman–Crippen LogP) is 3.09. The minimum Gasteiger partial charge on any atom is -0.326 e. The lowest BCUT2D eigenvalue weighted by atomic mass is 9.94. The largest absolute Gasteiger partial charge is 0.326 e. The summed E-state index contributed by atoms with van der Waals surface area (Å²) in [5, 5.41) is 6.28. The minimum atomic E-state index is -0.0313. The summed E-state index contributed by atoms with van der Waals surface area (Å²) in [5.74, 6) is 0.750. The van der Waals surface area contributed by atoms with Crippen LogP contribution in [0.1, 0.15) is 31.7 Å². The third-order valence-electron chi connectivity index (χ3n) is 3.41. The molecule has 2 rings (SSSR count). The second-order valence-corrected chi connectivity index (χ2v) is 5.16. The zero-order chi connectivity index (χ0) is 13.5. The van der Waals surface area contributed by atoms with Crippen molar-refractivity contribution in [3.05, 3.63) is 42.0 Å². The molecular formula is C16H22N2O. The van der Waals surface area contributed by atoms with Crippen LogP contribution in [0, 0.1) is 5.92 Å². The van der Waals surface area contributed by atoms with E-state index in [-0.39, 0.29) is 5.91 Å². The standard InChI is InChI=1S/C16H22N2O/c1-13(19)18-16-9-7-15(8-10-16)12-17-11-14-5-3-2-4-6-14/h2-3,7-10,14,17H,4-6,11-12H2,1H3,(H,18,19)/t14-/m1/s1. The summed E-state index contributed by atoms with van der Waals surface area (Å²) in [4.78, 5) is 10.9. The van der Waals surface area contributed by atoms with Gasteiger partial charge in [-0.1, -0.05) is 24.3 Å². The molecule has 0 aromatic heterocycles. The summed E-state index contributed by atoms with van der Waals surface area (Å²) in [6.07, 6.45) is 8.28. The highest BCUT2D eigenvalue weighted by Crippen LogP contribution is 2.17. The number of hydrogen-bond donors (Lipinski definition) is 2. The number of carbonyl (C=O) groups is 1. The van der Waals surface area contributed by atoms with Gasteiger partial charge in [-0.05, 0) is 49.4 Å². The summed E-state index contributed by atoms with van der Waals surface area (Å²) in [7, 11) is 0. The monoisotopic (exact) mass is 258 g/mol. The molecule has 0 heterocycles. The van der Waals surface area contributed by atoms with Crippen molar-refractivity contribution in [3.8, 4) is 0 Å². The molecule has 3 heteroatoms. The van der Waals surface area contributed by atoms with Crippen LogP contribution in [0.3, 0.4) is 0 Å². The van der Waals surface area contributed by atoms with Crippen molar-refractivity contribution in [2.75, 3.05) is 11.9 Å². The SMILES string of the molecule is CC(=O)Nc1ccc(CNC[C@@H]2CC=CCC2)cc1. The van der Waals surface area contributed by atoms with Crippen molar-refractivity contribution >= 4 is 11.6 Å². The summed E-state index contributed by atoms with van der Waals surface area (Å²) >= 11 is 0. The van der Waals surface area contributed by atoms with Gasteiger partial charge in [0.15, 0.2) is 0 Å². The van der Waals surface area contributed by atoms with Crippen LogP contribution in [-0.2, 0) is 11.3 Å². The zero-order valence-electron chi connectivity index (χ0n) is 11.5. The number of benzene rings is 1. The average Bonchev–Trinajstić information content (AvgIpc) is 2.41. The van der Waals surface area contributed by atoms with Gasteiger partial charge in [0.05, 0.1) is 0 Å². The number of anilines is 1. The molecule has 0 saturated heterocycles. The van der Waals surface area contributed by atoms with Gasteiger partial charge in [-0.3, -0.25) is 4.79 Å². The third kappa shape index (κ3) is 4.87. The summed E-state index contributed by atoms with van der Waals surface area (Å²) in [6.45, 7) is 3.49. The topological polar surface area (TPSA) is 41.1 Å². The molecule has 1 aromatic carbocycles. The Kier molecular flexibility index (Phi) is 5.16. The zero-order valence-corrected chi connectivity index (χ0v) is 11.5. The number of allylic oxidation sites excluding steroid dienone is 2.